The predicted molar refractivity (Wildman–Crippen MR) is 78.9 cm³/mol. The minimum atomic E-state index is 0.802. The molecule has 2 aliphatic rings. The maximum absolute atomic E-state index is 3.95. The third-order valence-corrected chi connectivity index (χ3v) is 4.86. The number of rotatable bonds is 4. The van der Waals surface area contributed by atoms with Crippen molar-refractivity contribution in [3.8, 4) is 0 Å². The molecule has 0 bridgehead atoms. The molecule has 0 aromatic carbocycles. The van der Waals surface area contributed by atoms with E-state index in [1.807, 2.05) is 0 Å². The molecule has 0 aromatic rings. The Balaban J connectivity index is 1.67. The molecule has 0 aromatic heterocycles. The molecule has 0 spiro atoms. The van der Waals surface area contributed by atoms with Crippen molar-refractivity contribution in [2.45, 2.75) is 77.3 Å². The molecule has 18 heavy (non-hydrogen) atoms. The van der Waals surface area contributed by atoms with Crippen molar-refractivity contribution in [2.24, 2.45) is 5.92 Å². The molecular weight excluding hydrogens is 220 g/mol. The lowest BCUT2D eigenvalue weighted by Crippen LogP contribution is -2.46. The highest BCUT2D eigenvalue weighted by molar-refractivity contribution is 4.82. The second-order valence-corrected chi connectivity index (χ2v) is 6.59. The summed E-state index contributed by atoms with van der Waals surface area (Å²) in [6.45, 7) is 8.64. The SMILES string of the molecule is CCCN1CCC(NC2CCCC(C)CC2)CC1. The smallest absolute Gasteiger partial charge is 0.00940 e. The average Bonchev–Trinajstić information content (AvgIpc) is 2.57. The molecule has 1 N–H and O–H groups in total. The van der Waals surface area contributed by atoms with Crippen molar-refractivity contribution >= 4 is 0 Å². The largest absolute Gasteiger partial charge is 0.311 e. The summed E-state index contributed by atoms with van der Waals surface area (Å²) < 4.78 is 0. The summed E-state index contributed by atoms with van der Waals surface area (Å²) >= 11 is 0. The minimum Gasteiger partial charge on any atom is -0.311 e. The standard InChI is InChI=1S/C16H32N2/c1-3-11-18-12-9-16(10-13-18)17-15-6-4-5-14(2)7-8-15/h14-17H,3-13H2,1-2H3. The monoisotopic (exact) mass is 252 g/mol. The molecule has 0 radical (unpaired) electrons. The van der Waals surface area contributed by atoms with Crippen molar-refractivity contribution in [3.05, 3.63) is 0 Å². The highest BCUT2D eigenvalue weighted by atomic mass is 15.1. The van der Waals surface area contributed by atoms with Crippen LogP contribution in [0.15, 0.2) is 0 Å². The molecular formula is C16H32N2. The molecule has 1 heterocycles. The van der Waals surface area contributed by atoms with Gasteiger partial charge in [-0.1, -0.05) is 26.7 Å². The van der Waals surface area contributed by atoms with Crippen LogP contribution in [0.25, 0.3) is 0 Å². The lowest BCUT2D eigenvalue weighted by molar-refractivity contribution is 0.188. The number of nitrogens with one attached hydrogen (secondary N) is 1. The molecule has 1 aliphatic carbocycles. The lowest BCUT2D eigenvalue weighted by atomic mass is 10.0. The van der Waals surface area contributed by atoms with Gasteiger partial charge in [0, 0.05) is 12.1 Å². The summed E-state index contributed by atoms with van der Waals surface area (Å²) in [5.74, 6) is 0.961. The van der Waals surface area contributed by atoms with Crippen LogP contribution in [0.5, 0.6) is 0 Å². The Bertz CT molecular complexity index is 221. The van der Waals surface area contributed by atoms with Gasteiger partial charge in [0.1, 0.15) is 0 Å². The number of likely N-dealkylation sites (tertiary alicyclic amines) is 1. The predicted octanol–water partition coefficient (Wildman–Crippen LogP) is 3.42. The van der Waals surface area contributed by atoms with E-state index in [0.717, 1.165) is 18.0 Å². The Hall–Kier alpha value is -0.0800. The van der Waals surface area contributed by atoms with E-state index in [1.165, 1.54) is 71.0 Å². The summed E-state index contributed by atoms with van der Waals surface area (Å²) in [6, 6.07) is 1.62. The third kappa shape index (κ3) is 4.55. The molecule has 1 saturated carbocycles. The fourth-order valence-electron chi connectivity index (χ4n) is 3.63. The van der Waals surface area contributed by atoms with Gasteiger partial charge in [-0.2, -0.15) is 0 Å². The summed E-state index contributed by atoms with van der Waals surface area (Å²) in [6.07, 6.45) is 11.2. The van der Waals surface area contributed by atoms with Gasteiger partial charge in [0.15, 0.2) is 0 Å². The first-order valence-corrected chi connectivity index (χ1v) is 8.26. The number of nitrogens with zero attached hydrogens (tertiary/aromatic N) is 1. The number of hydrogen-bond acceptors (Lipinski definition) is 2. The van der Waals surface area contributed by atoms with Gasteiger partial charge in [-0.15, -0.1) is 0 Å². The zero-order valence-electron chi connectivity index (χ0n) is 12.5. The normalized spacial score (nSPS) is 32.3. The highest BCUT2D eigenvalue weighted by Crippen LogP contribution is 2.23. The van der Waals surface area contributed by atoms with Crippen molar-refractivity contribution in [1.29, 1.82) is 0 Å². The molecule has 1 saturated heterocycles. The molecule has 2 atom stereocenters. The second kappa shape index (κ2) is 7.49. The maximum atomic E-state index is 3.95. The molecule has 2 unspecified atom stereocenters. The van der Waals surface area contributed by atoms with E-state index >= 15 is 0 Å². The van der Waals surface area contributed by atoms with Crippen LogP contribution in [-0.4, -0.2) is 36.6 Å². The number of piperidine rings is 1. The Labute approximate surface area is 114 Å². The quantitative estimate of drug-likeness (QED) is 0.771. The van der Waals surface area contributed by atoms with E-state index < -0.39 is 0 Å². The van der Waals surface area contributed by atoms with Crippen molar-refractivity contribution in [1.82, 2.24) is 10.2 Å². The van der Waals surface area contributed by atoms with E-state index in [1.54, 1.807) is 0 Å². The Morgan fingerprint density at radius 2 is 1.67 bits per heavy atom. The fraction of sp³-hybridized carbons (Fsp3) is 1.00. The van der Waals surface area contributed by atoms with Crippen LogP contribution in [0.3, 0.4) is 0 Å². The maximum Gasteiger partial charge on any atom is 0.00940 e. The summed E-state index contributed by atoms with van der Waals surface area (Å²) in [5, 5.41) is 3.95. The van der Waals surface area contributed by atoms with Crippen LogP contribution >= 0.6 is 0 Å². The zero-order chi connectivity index (χ0) is 12.8. The third-order valence-electron chi connectivity index (χ3n) is 4.86. The first kappa shape index (κ1) is 14.3. The molecule has 1 aliphatic heterocycles. The summed E-state index contributed by atoms with van der Waals surface area (Å²) in [7, 11) is 0. The molecule has 2 rings (SSSR count). The van der Waals surface area contributed by atoms with Gasteiger partial charge in [0.2, 0.25) is 0 Å². The van der Waals surface area contributed by atoms with Gasteiger partial charge in [-0.05, 0) is 64.1 Å². The molecule has 2 heteroatoms. The Kier molecular flexibility index (Phi) is 5.97. The molecule has 0 amide bonds. The van der Waals surface area contributed by atoms with Crippen LogP contribution in [0.1, 0.15) is 65.2 Å². The van der Waals surface area contributed by atoms with Crippen LogP contribution in [0, 0.1) is 5.92 Å². The van der Waals surface area contributed by atoms with Gasteiger partial charge in [-0.3, -0.25) is 0 Å². The van der Waals surface area contributed by atoms with E-state index in [2.05, 4.69) is 24.1 Å². The topological polar surface area (TPSA) is 15.3 Å². The molecule has 106 valence electrons. The first-order valence-electron chi connectivity index (χ1n) is 8.26. The zero-order valence-corrected chi connectivity index (χ0v) is 12.5. The van der Waals surface area contributed by atoms with E-state index in [4.69, 9.17) is 0 Å². The van der Waals surface area contributed by atoms with Crippen LogP contribution < -0.4 is 5.32 Å². The molecule has 2 fully saturated rings. The fourth-order valence-corrected chi connectivity index (χ4v) is 3.63. The Morgan fingerprint density at radius 1 is 0.944 bits per heavy atom. The summed E-state index contributed by atoms with van der Waals surface area (Å²) in [4.78, 5) is 2.63. The van der Waals surface area contributed by atoms with Gasteiger partial charge in [-0.25, -0.2) is 0 Å². The summed E-state index contributed by atoms with van der Waals surface area (Å²) in [5.41, 5.74) is 0. The van der Waals surface area contributed by atoms with Gasteiger partial charge < -0.3 is 10.2 Å². The van der Waals surface area contributed by atoms with Crippen molar-refractivity contribution in [3.63, 3.8) is 0 Å². The average molecular weight is 252 g/mol. The highest BCUT2D eigenvalue weighted by Gasteiger charge is 2.22. The number of hydrogen-bond donors (Lipinski definition) is 1. The van der Waals surface area contributed by atoms with E-state index in [-0.39, 0.29) is 0 Å². The minimum absolute atomic E-state index is 0.802. The van der Waals surface area contributed by atoms with Crippen LogP contribution in [0.2, 0.25) is 0 Å². The first-order chi connectivity index (χ1) is 8.78. The van der Waals surface area contributed by atoms with Gasteiger partial charge >= 0.3 is 0 Å². The van der Waals surface area contributed by atoms with Gasteiger partial charge in [0.05, 0.1) is 0 Å². The molecule has 2 nitrogen and oxygen atoms in total. The van der Waals surface area contributed by atoms with Crippen molar-refractivity contribution < 1.29 is 0 Å². The van der Waals surface area contributed by atoms with Crippen molar-refractivity contribution in [2.75, 3.05) is 19.6 Å². The van der Waals surface area contributed by atoms with Crippen LogP contribution in [0.4, 0.5) is 0 Å². The van der Waals surface area contributed by atoms with E-state index in [9.17, 15) is 0 Å². The van der Waals surface area contributed by atoms with Crippen LogP contribution in [-0.2, 0) is 0 Å². The Morgan fingerprint density at radius 3 is 2.39 bits per heavy atom. The second-order valence-electron chi connectivity index (χ2n) is 6.59. The lowest BCUT2D eigenvalue weighted by Gasteiger charge is -2.34. The van der Waals surface area contributed by atoms with E-state index in [0.29, 0.717) is 0 Å². The van der Waals surface area contributed by atoms with Gasteiger partial charge in [0.25, 0.3) is 0 Å².